The predicted molar refractivity (Wildman–Crippen MR) is 95.2 cm³/mol. The lowest BCUT2D eigenvalue weighted by atomic mass is 9.95. The van der Waals surface area contributed by atoms with Crippen molar-refractivity contribution in [2.45, 2.75) is 17.2 Å². The van der Waals surface area contributed by atoms with Gasteiger partial charge in [-0.2, -0.15) is 0 Å². The summed E-state index contributed by atoms with van der Waals surface area (Å²) < 4.78 is 12.7. The van der Waals surface area contributed by atoms with Crippen molar-refractivity contribution in [2.75, 3.05) is 11.2 Å². The van der Waals surface area contributed by atoms with Crippen molar-refractivity contribution in [1.82, 2.24) is 0 Å². The largest absolute Gasteiger partial charge is 0.381 e. The van der Waals surface area contributed by atoms with Crippen LogP contribution in [0.25, 0.3) is 0 Å². The Morgan fingerprint density at radius 1 is 1.20 bits per heavy atom. The monoisotopic (exact) mass is 374 g/mol. The molecule has 0 saturated carbocycles. The van der Waals surface area contributed by atoms with Crippen LogP contribution in [0.2, 0.25) is 0 Å². The van der Waals surface area contributed by atoms with Crippen molar-refractivity contribution < 1.29 is 18.6 Å². The molecule has 128 valence electrons. The Balaban J connectivity index is 1.75. The summed E-state index contributed by atoms with van der Waals surface area (Å²) in [6.07, 6.45) is 0.626. The molecule has 1 aromatic heterocycles. The Bertz CT molecular complexity index is 935. The van der Waals surface area contributed by atoms with Crippen molar-refractivity contribution in [3.8, 4) is 0 Å². The summed E-state index contributed by atoms with van der Waals surface area (Å²) in [5.74, 6) is -1.59. The van der Waals surface area contributed by atoms with Crippen LogP contribution in [-0.2, 0) is 25.2 Å². The number of nitrogens with zero attached hydrogens (tertiary/aromatic N) is 2. The number of fused-ring (bicyclic) bond motifs is 1. The summed E-state index contributed by atoms with van der Waals surface area (Å²) in [6.45, 7) is 1.90. The molecule has 0 N–H and O–H groups in total. The molecule has 25 heavy (non-hydrogen) atoms. The number of amides is 2. The van der Waals surface area contributed by atoms with Crippen LogP contribution in [0.1, 0.15) is 10.4 Å². The quantitative estimate of drug-likeness (QED) is 0.771. The highest BCUT2D eigenvalue weighted by molar-refractivity contribution is 7.86. The first-order valence-electron chi connectivity index (χ1n) is 7.60. The molecular formula is C17H14N2O4S2. The van der Waals surface area contributed by atoms with Crippen molar-refractivity contribution in [2.24, 2.45) is 11.1 Å². The van der Waals surface area contributed by atoms with Gasteiger partial charge < -0.3 is 4.84 Å². The van der Waals surface area contributed by atoms with Gasteiger partial charge in [-0.05, 0) is 25.1 Å². The molecule has 3 atom stereocenters. The Labute approximate surface area is 150 Å². The summed E-state index contributed by atoms with van der Waals surface area (Å²) in [4.78, 5) is 33.0. The third kappa shape index (κ3) is 2.44. The first kappa shape index (κ1) is 16.2. The fourth-order valence-corrected chi connectivity index (χ4v) is 5.20. The Hall–Kier alpha value is -2.32. The van der Waals surface area contributed by atoms with E-state index in [1.807, 2.05) is 19.1 Å². The van der Waals surface area contributed by atoms with Crippen LogP contribution in [0.15, 0.2) is 45.8 Å². The third-order valence-electron chi connectivity index (χ3n) is 4.18. The van der Waals surface area contributed by atoms with Crippen molar-refractivity contribution in [1.29, 1.82) is 0 Å². The first-order chi connectivity index (χ1) is 12.0. The van der Waals surface area contributed by atoms with E-state index in [1.54, 1.807) is 30.5 Å². The number of carbonyl (C=O) groups excluding carboxylic acids is 2. The average Bonchev–Trinajstić information content (AvgIpc) is 3.24. The van der Waals surface area contributed by atoms with Gasteiger partial charge in [0.1, 0.15) is 15.8 Å². The number of para-hydroxylation sites is 1. The lowest BCUT2D eigenvalue weighted by Gasteiger charge is -2.15. The Morgan fingerprint density at radius 3 is 2.60 bits per heavy atom. The average molecular weight is 374 g/mol. The van der Waals surface area contributed by atoms with Crippen LogP contribution in [-0.4, -0.2) is 34.1 Å². The zero-order chi connectivity index (χ0) is 17.7. The van der Waals surface area contributed by atoms with E-state index in [0.29, 0.717) is 21.2 Å². The normalized spacial score (nSPS) is 23.4. The Morgan fingerprint density at radius 2 is 1.92 bits per heavy atom. The number of carbonyl (C=O) groups is 2. The van der Waals surface area contributed by atoms with Crippen LogP contribution >= 0.6 is 11.3 Å². The number of anilines is 1. The molecule has 1 aromatic carbocycles. The highest BCUT2D eigenvalue weighted by Crippen LogP contribution is 2.37. The van der Waals surface area contributed by atoms with Gasteiger partial charge in [0.25, 0.3) is 5.91 Å². The summed E-state index contributed by atoms with van der Waals surface area (Å²) in [5, 5.41) is 4.00. The second-order valence-electron chi connectivity index (χ2n) is 5.84. The number of rotatable bonds is 3. The predicted octanol–water partition coefficient (Wildman–Crippen LogP) is 2.09. The smallest absolute Gasteiger partial charge is 0.278 e. The fraction of sp³-hybridized carbons (Fsp3) is 0.235. The molecule has 0 spiro atoms. The van der Waals surface area contributed by atoms with Crippen molar-refractivity contribution in [3.63, 3.8) is 0 Å². The molecule has 0 bridgehead atoms. The molecule has 0 aliphatic carbocycles. The van der Waals surface area contributed by atoms with Crippen molar-refractivity contribution >= 4 is 45.3 Å². The second-order valence-corrected chi connectivity index (χ2v) is 8.67. The van der Waals surface area contributed by atoms with E-state index >= 15 is 0 Å². The molecule has 1 fully saturated rings. The zero-order valence-electron chi connectivity index (χ0n) is 13.5. The van der Waals surface area contributed by atoms with E-state index in [1.165, 1.54) is 11.3 Å². The minimum Gasteiger partial charge on any atom is -0.381 e. The van der Waals surface area contributed by atoms with Gasteiger partial charge in [-0.25, -0.2) is 4.90 Å². The van der Waals surface area contributed by atoms with Crippen LogP contribution in [0.3, 0.4) is 0 Å². The van der Waals surface area contributed by atoms with Crippen molar-refractivity contribution in [3.05, 3.63) is 46.8 Å². The van der Waals surface area contributed by atoms with E-state index in [0.717, 1.165) is 9.78 Å². The molecule has 2 aliphatic heterocycles. The second kappa shape index (κ2) is 5.89. The molecular weight excluding hydrogens is 360 g/mol. The molecule has 4 rings (SSSR count). The Kier molecular flexibility index (Phi) is 3.81. The van der Waals surface area contributed by atoms with Crippen LogP contribution in [0.5, 0.6) is 0 Å². The maximum Gasteiger partial charge on any atom is 0.278 e. The molecule has 0 radical (unpaired) electrons. The number of benzene rings is 1. The molecule has 3 heterocycles. The van der Waals surface area contributed by atoms with Crippen LogP contribution in [0.4, 0.5) is 5.69 Å². The molecule has 0 unspecified atom stereocenters. The molecule has 2 aliphatic rings. The molecule has 1 saturated heterocycles. The third-order valence-corrected chi connectivity index (χ3v) is 6.73. The van der Waals surface area contributed by atoms with Gasteiger partial charge in [-0.15, -0.1) is 11.3 Å². The van der Waals surface area contributed by atoms with E-state index in [-0.39, 0.29) is 5.91 Å². The molecule has 2 aromatic rings. The summed E-state index contributed by atoms with van der Waals surface area (Å²) in [7, 11) is -1.22. The number of hydrogen-bond donors (Lipinski definition) is 0. The van der Waals surface area contributed by atoms with E-state index < -0.39 is 28.7 Å². The highest BCUT2D eigenvalue weighted by atomic mass is 32.2. The maximum atomic E-state index is 12.9. The van der Waals surface area contributed by atoms with Gasteiger partial charge in [-0.1, -0.05) is 23.4 Å². The highest BCUT2D eigenvalue weighted by Gasteiger charge is 2.56. The van der Waals surface area contributed by atoms with Gasteiger partial charge in [0.15, 0.2) is 0 Å². The zero-order valence-corrected chi connectivity index (χ0v) is 15.1. The maximum absolute atomic E-state index is 12.9. The van der Waals surface area contributed by atoms with Gasteiger partial charge >= 0.3 is 0 Å². The molecule has 6 nitrogen and oxygen atoms in total. The number of hydrogen-bond acceptors (Lipinski definition) is 6. The van der Waals surface area contributed by atoms with Gasteiger partial charge in [0.2, 0.25) is 12.0 Å². The lowest BCUT2D eigenvalue weighted by molar-refractivity contribution is -0.126. The first-order valence-corrected chi connectivity index (χ1v) is 9.97. The van der Waals surface area contributed by atoms with Gasteiger partial charge in [-0.3, -0.25) is 13.8 Å². The van der Waals surface area contributed by atoms with E-state index in [9.17, 15) is 13.8 Å². The summed E-state index contributed by atoms with van der Waals surface area (Å²) >= 11 is 1.40. The number of aryl methyl sites for hydroxylation is 1. The minimum atomic E-state index is -1.22. The topological polar surface area (TPSA) is 76.0 Å². The lowest BCUT2D eigenvalue weighted by Crippen LogP contribution is -2.33. The summed E-state index contributed by atoms with van der Waals surface area (Å²) in [5.41, 5.74) is 1.53. The van der Waals surface area contributed by atoms with Gasteiger partial charge in [0.05, 0.1) is 16.5 Å². The summed E-state index contributed by atoms with van der Waals surface area (Å²) in [6, 6.07) is 10.6. The number of oxime groups is 1. The molecule has 2 amide bonds. The van der Waals surface area contributed by atoms with E-state index in [4.69, 9.17) is 4.84 Å². The molecule has 8 heteroatoms. The van der Waals surface area contributed by atoms with Gasteiger partial charge in [0, 0.05) is 16.7 Å². The van der Waals surface area contributed by atoms with Crippen LogP contribution < -0.4 is 4.90 Å². The SMILES string of the molecule is Cc1cc(C2=NO[C@H]3C(=O)N(c4ccccc4)C(=O)[C@H]23)c([S@@](C)=O)s1. The number of thiophene rings is 1. The minimum absolute atomic E-state index is 0.367. The van der Waals surface area contributed by atoms with E-state index in [2.05, 4.69) is 5.16 Å². The fourth-order valence-electron chi connectivity index (χ4n) is 3.12. The number of imide groups is 1. The van der Waals surface area contributed by atoms with Crippen LogP contribution in [0, 0.1) is 12.8 Å². The standard InChI is InChI=1S/C17H14N2O4S2/c1-9-8-11(17(24-9)25(2)22)13-12-14(23-18-13)16(21)19(15(12)20)10-6-4-3-5-7-10/h3-8,12,14H,1-2H3/t12-,14-,25-/m1/s1.